The van der Waals surface area contributed by atoms with Crippen molar-refractivity contribution in [2.75, 3.05) is 16.5 Å². The summed E-state index contributed by atoms with van der Waals surface area (Å²) in [5, 5.41) is 0. The van der Waals surface area contributed by atoms with E-state index in [9.17, 15) is 27.2 Å². The first-order valence-electron chi connectivity index (χ1n) is 9.34. The molecule has 0 fully saturated rings. The lowest BCUT2D eigenvalue weighted by atomic mass is 10.0. The first-order chi connectivity index (χ1) is 14.7. The van der Waals surface area contributed by atoms with Crippen LogP contribution in [0.1, 0.15) is 33.6 Å². The number of anilines is 3. The van der Waals surface area contributed by atoms with Crippen LogP contribution in [-0.4, -0.2) is 17.6 Å². The molecular weight excluding hydrogens is 414 g/mol. The summed E-state index contributed by atoms with van der Waals surface area (Å²) in [4.78, 5) is 30.2. The molecule has 0 spiro atoms. The third-order valence-electron chi connectivity index (χ3n) is 5.23. The molecule has 5 nitrogen and oxygen atoms in total. The average Bonchev–Trinajstić information content (AvgIpc) is 2.69. The Kier molecular flexibility index (Phi) is 5.04. The van der Waals surface area contributed by atoms with E-state index in [1.54, 1.807) is 18.7 Å². The number of rotatable bonds is 3. The largest absolute Gasteiger partial charge is 0.324 e. The number of hydrogen-bond donors (Lipinski definition) is 1. The number of hydrogen-bond acceptors (Lipinski definition) is 3. The molecule has 160 valence electrons. The Morgan fingerprint density at radius 3 is 2.26 bits per heavy atom. The Hall–Kier alpha value is -3.62. The van der Waals surface area contributed by atoms with Crippen LogP contribution in [0.3, 0.4) is 0 Å². The van der Waals surface area contributed by atoms with E-state index in [1.807, 2.05) is 0 Å². The first kappa shape index (κ1) is 20.6. The fraction of sp³-hybridized carbons (Fsp3) is 0.182. The van der Waals surface area contributed by atoms with Gasteiger partial charge in [0.05, 0.1) is 22.5 Å². The molecule has 1 aliphatic heterocycles. The van der Waals surface area contributed by atoms with Gasteiger partial charge in [0.25, 0.3) is 12.3 Å². The van der Waals surface area contributed by atoms with E-state index in [0.717, 1.165) is 12.1 Å². The van der Waals surface area contributed by atoms with Crippen LogP contribution in [-0.2, 0) is 0 Å². The van der Waals surface area contributed by atoms with Gasteiger partial charge in [-0.3, -0.25) is 14.5 Å². The van der Waals surface area contributed by atoms with Crippen LogP contribution >= 0.6 is 0 Å². The molecule has 2 aromatic carbocycles. The number of aryl methyl sites for hydroxylation is 2. The monoisotopic (exact) mass is 431 g/mol. The second-order valence-electron chi connectivity index (χ2n) is 7.26. The number of aromatic nitrogens is 1. The molecule has 1 amide bonds. The number of alkyl halides is 2. The van der Waals surface area contributed by atoms with Gasteiger partial charge in [-0.05, 0) is 55.8 Å². The quantitative estimate of drug-likeness (QED) is 0.597. The number of carbonyl (C=O) groups is 1. The first-order valence-corrected chi connectivity index (χ1v) is 9.34. The van der Waals surface area contributed by atoms with Crippen molar-refractivity contribution >= 4 is 23.0 Å². The third kappa shape index (κ3) is 3.56. The molecule has 0 saturated heterocycles. The van der Waals surface area contributed by atoms with Crippen LogP contribution in [0.5, 0.6) is 0 Å². The van der Waals surface area contributed by atoms with Crippen molar-refractivity contribution < 1.29 is 22.4 Å². The normalized spacial score (nSPS) is 13.7. The van der Waals surface area contributed by atoms with Gasteiger partial charge < -0.3 is 9.88 Å². The number of nitrogens with zero attached hydrogens (tertiary/aromatic N) is 2. The van der Waals surface area contributed by atoms with Crippen LogP contribution in [0.2, 0.25) is 0 Å². The molecule has 0 unspecified atom stereocenters. The van der Waals surface area contributed by atoms with Gasteiger partial charge in [-0.25, -0.2) is 17.6 Å². The molecule has 4 rings (SSSR count). The molecule has 2 heterocycles. The van der Waals surface area contributed by atoms with E-state index in [4.69, 9.17) is 0 Å². The SMILES string of the molecule is Cc1cc(F)ccc1N1CN(c2ccc(=O)[nH]c2C)C(=O)c2cc(F)c(C(F)F)cc21. The lowest BCUT2D eigenvalue weighted by Gasteiger charge is -2.39. The number of fused-ring (bicyclic) bond motifs is 1. The second-order valence-corrected chi connectivity index (χ2v) is 7.26. The molecule has 0 bridgehead atoms. The van der Waals surface area contributed by atoms with E-state index in [2.05, 4.69) is 4.98 Å². The van der Waals surface area contributed by atoms with Gasteiger partial charge in [0.1, 0.15) is 18.3 Å². The molecule has 9 heteroatoms. The topological polar surface area (TPSA) is 56.4 Å². The number of H-pyrrole nitrogens is 1. The minimum absolute atomic E-state index is 0.0923. The zero-order valence-electron chi connectivity index (χ0n) is 16.5. The summed E-state index contributed by atoms with van der Waals surface area (Å²) in [6.45, 7) is 3.13. The fourth-order valence-corrected chi connectivity index (χ4v) is 3.74. The maximum Gasteiger partial charge on any atom is 0.266 e. The van der Waals surface area contributed by atoms with Crippen molar-refractivity contribution in [2.24, 2.45) is 0 Å². The molecule has 0 aliphatic carbocycles. The Balaban J connectivity index is 1.95. The number of amides is 1. The smallest absolute Gasteiger partial charge is 0.266 e. The maximum atomic E-state index is 14.4. The summed E-state index contributed by atoms with van der Waals surface area (Å²) in [5.74, 6) is -2.28. The van der Waals surface area contributed by atoms with Crippen molar-refractivity contribution in [3.63, 3.8) is 0 Å². The zero-order chi connectivity index (χ0) is 22.4. The van der Waals surface area contributed by atoms with Gasteiger partial charge in [0, 0.05) is 17.4 Å². The Morgan fingerprint density at radius 1 is 0.903 bits per heavy atom. The Morgan fingerprint density at radius 2 is 1.61 bits per heavy atom. The molecule has 0 radical (unpaired) electrons. The third-order valence-corrected chi connectivity index (χ3v) is 5.23. The van der Waals surface area contributed by atoms with E-state index < -0.39 is 29.5 Å². The summed E-state index contributed by atoms with van der Waals surface area (Å²) in [6, 6.07) is 8.40. The number of benzene rings is 2. The van der Waals surface area contributed by atoms with Gasteiger partial charge in [-0.15, -0.1) is 0 Å². The number of aromatic amines is 1. The molecule has 3 aromatic rings. The highest BCUT2D eigenvalue weighted by molar-refractivity contribution is 6.12. The van der Waals surface area contributed by atoms with Crippen molar-refractivity contribution in [3.8, 4) is 0 Å². The Labute approximate surface area is 174 Å². The molecule has 1 aliphatic rings. The molecule has 1 N–H and O–H groups in total. The lowest BCUT2D eigenvalue weighted by Crippen LogP contribution is -2.46. The molecule has 0 atom stereocenters. The minimum Gasteiger partial charge on any atom is -0.324 e. The average molecular weight is 431 g/mol. The van der Waals surface area contributed by atoms with Crippen molar-refractivity contribution in [1.82, 2.24) is 4.98 Å². The van der Waals surface area contributed by atoms with Crippen LogP contribution < -0.4 is 15.4 Å². The van der Waals surface area contributed by atoms with Crippen molar-refractivity contribution in [3.05, 3.63) is 86.8 Å². The van der Waals surface area contributed by atoms with Crippen molar-refractivity contribution in [2.45, 2.75) is 20.3 Å². The highest BCUT2D eigenvalue weighted by atomic mass is 19.3. The number of pyridine rings is 1. The molecule has 1 aromatic heterocycles. The van der Waals surface area contributed by atoms with E-state index in [-0.39, 0.29) is 23.5 Å². The molecular formula is C22H17F4N3O2. The van der Waals surface area contributed by atoms with Crippen LogP contribution in [0.4, 0.5) is 34.6 Å². The summed E-state index contributed by atoms with van der Waals surface area (Å²) < 4.78 is 54.7. The summed E-state index contributed by atoms with van der Waals surface area (Å²) in [6.07, 6.45) is -3.07. The number of halogens is 4. The van der Waals surface area contributed by atoms with Crippen molar-refractivity contribution in [1.29, 1.82) is 0 Å². The summed E-state index contributed by atoms with van der Waals surface area (Å²) in [5.41, 5.74) is 0.533. The van der Waals surface area contributed by atoms with E-state index in [1.165, 1.54) is 35.2 Å². The van der Waals surface area contributed by atoms with E-state index in [0.29, 0.717) is 22.6 Å². The highest BCUT2D eigenvalue weighted by Crippen LogP contribution is 2.40. The molecule has 31 heavy (non-hydrogen) atoms. The van der Waals surface area contributed by atoms with Gasteiger partial charge in [0.15, 0.2) is 0 Å². The zero-order valence-corrected chi connectivity index (χ0v) is 16.5. The van der Waals surface area contributed by atoms with Gasteiger partial charge in [-0.1, -0.05) is 0 Å². The number of nitrogens with one attached hydrogen (secondary N) is 1. The predicted octanol–water partition coefficient (Wildman–Crippen LogP) is 4.96. The van der Waals surface area contributed by atoms with Crippen LogP contribution in [0, 0.1) is 25.5 Å². The summed E-state index contributed by atoms with van der Waals surface area (Å²) >= 11 is 0. The van der Waals surface area contributed by atoms with E-state index >= 15 is 0 Å². The van der Waals surface area contributed by atoms with Crippen LogP contribution in [0.25, 0.3) is 0 Å². The minimum atomic E-state index is -3.07. The number of carbonyl (C=O) groups excluding carboxylic acids is 1. The Bertz CT molecular complexity index is 1260. The van der Waals surface area contributed by atoms with Gasteiger partial charge in [-0.2, -0.15) is 0 Å². The van der Waals surface area contributed by atoms with Gasteiger partial charge >= 0.3 is 0 Å². The fourth-order valence-electron chi connectivity index (χ4n) is 3.74. The summed E-state index contributed by atoms with van der Waals surface area (Å²) in [7, 11) is 0. The molecule has 0 saturated carbocycles. The standard InChI is InChI=1S/C22H17F4N3O2/c1-11-7-13(23)3-4-17(11)28-10-29(18-5-6-20(30)27-12(18)2)22(31)15-8-16(24)14(21(25)26)9-19(15)28/h3-9,21H,10H2,1-2H3,(H,27,30). The lowest BCUT2D eigenvalue weighted by molar-refractivity contribution is 0.0981. The second kappa shape index (κ2) is 7.57. The van der Waals surface area contributed by atoms with Gasteiger partial charge in [0.2, 0.25) is 5.56 Å². The predicted molar refractivity (Wildman–Crippen MR) is 108 cm³/mol. The van der Waals surface area contributed by atoms with Crippen LogP contribution in [0.15, 0.2) is 47.3 Å². The maximum absolute atomic E-state index is 14.4. The highest BCUT2D eigenvalue weighted by Gasteiger charge is 2.34.